The van der Waals surface area contributed by atoms with E-state index in [-0.39, 0.29) is 6.61 Å². The Morgan fingerprint density at radius 3 is 3.05 bits per heavy atom. The second-order valence-corrected chi connectivity index (χ2v) is 6.93. The normalized spacial score (nSPS) is 18.4. The van der Waals surface area contributed by atoms with Crippen LogP contribution in [0.4, 0.5) is 0 Å². The Hall–Kier alpha value is -1.21. The lowest BCUT2D eigenvalue weighted by molar-refractivity contribution is 0.114. The lowest BCUT2D eigenvalue weighted by Crippen LogP contribution is -2.25. The van der Waals surface area contributed by atoms with E-state index in [0.717, 1.165) is 44.1 Å². The molecule has 1 aliphatic heterocycles. The molecule has 0 amide bonds. The molecule has 6 heteroatoms. The SMILES string of the molecule is Cc1ncc(CN(CCO)Cc2ccc(C3CCCO3)s2)[nH]1. The molecule has 1 fully saturated rings. The molecule has 1 atom stereocenters. The predicted octanol–water partition coefficient (Wildman–Crippen LogP) is 2.63. The van der Waals surface area contributed by atoms with Crippen molar-refractivity contribution < 1.29 is 9.84 Å². The van der Waals surface area contributed by atoms with Gasteiger partial charge < -0.3 is 14.8 Å². The first-order valence-corrected chi connectivity index (χ1v) is 8.60. The topological polar surface area (TPSA) is 61.4 Å². The molecule has 1 aliphatic rings. The van der Waals surface area contributed by atoms with Gasteiger partial charge in [0, 0.05) is 47.9 Å². The van der Waals surface area contributed by atoms with Gasteiger partial charge in [-0.1, -0.05) is 0 Å². The van der Waals surface area contributed by atoms with E-state index in [9.17, 15) is 5.11 Å². The van der Waals surface area contributed by atoms with Gasteiger partial charge in [-0.15, -0.1) is 11.3 Å². The minimum Gasteiger partial charge on any atom is -0.395 e. The van der Waals surface area contributed by atoms with Crippen molar-refractivity contribution in [2.45, 2.75) is 39.0 Å². The first kappa shape index (κ1) is 15.7. The standard InChI is InChI=1S/C16H23N3O2S/c1-12-17-9-13(18-12)10-19(6-7-20)11-14-4-5-16(22-14)15-3-2-8-21-15/h4-5,9,15,20H,2-3,6-8,10-11H2,1H3,(H,17,18). The summed E-state index contributed by atoms with van der Waals surface area (Å²) in [6.07, 6.45) is 4.45. The molecular weight excluding hydrogens is 298 g/mol. The summed E-state index contributed by atoms with van der Waals surface area (Å²) in [5.74, 6) is 0.927. The molecule has 120 valence electrons. The number of hydrogen-bond acceptors (Lipinski definition) is 5. The van der Waals surface area contributed by atoms with Gasteiger partial charge >= 0.3 is 0 Å². The van der Waals surface area contributed by atoms with Crippen LogP contribution in [0.1, 0.15) is 40.2 Å². The number of aliphatic hydroxyl groups excluding tert-OH is 1. The molecule has 2 aromatic heterocycles. The van der Waals surface area contributed by atoms with E-state index in [2.05, 4.69) is 27.0 Å². The number of aromatic amines is 1. The average molecular weight is 321 g/mol. The lowest BCUT2D eigenvalue weighted by Gasteiger charge is -2.19. The Kier molecular flexibility index (Phi) is 5.25. The highest BCUT2D eigenvalue weighted by atomic mass is 32.1. The van der Waals surface area contributed by atoms with Crippen LogP contribution in [0.3, 0.4) is 0 Å². The number of aliphatic hydroxyl groups is 1. The summed E-state index contributed by atoms with van der Waals surface area (Å²) >= 11 is 1.83. The van der Waals surface area contributed by atoms with Gasteiger partial charge in [0.05, 0.1) is 12.7 Å². The number of H-pyrrole nitrogens is 1. The molecule has 2 aromatic rings. The van der Waals surface area contributed by atoms with Gasteiger partial charge in [0.1, 0.15) is 5.82 Å². The molecule has 3 heterocycles. The van der Waals surface area contributed by atoms with Crippen molar-refractivity contribution in [1.29, 1.82) is 0 Å². The molecule has 0 spiro atoms. The quantitative estimate of drug-likeness (QED) is 0.823. The van der Waals surface area contributed by atoms with Gasteiger partial charge in [0.15, 0.2) is 0 Å². The van der Waals surface area contributed by atoms with Crippen molar-refractivity contribution >= 4 is 11.3 Å². The van der Waals surface area contributed by atoms with Crippen LogP contribution < -0.4 is 0 Å². The van der Waals surface area contributed by atoms with E-state index in [4.69, 9.17) is 4.74 Å². The zero-order valence-electron chi connectivity index (χ0n) is 12.9. The molecule has 0 aromatic carbocycles. The molecule has 0 bridgehead atoms. The monoisotopic (exact) mass is 321 g/mol. The molecule has 5 nitrogen and oxygen atoms in total. The fourth-order valence-corrected chi connectivity index (χ4v) is 3.96. The van der Waals surface area contributed by atoms with Crippen LogP contribution in [0, 0.1) is 6.92 Å². The number of ether oxygens (including phenoxy) is 1. The van der Waals surface area contributed by atoms with Crippen molar-refractivity contribution in [2.24, 2.45) is 0 Å². The van der Waals surface area contributed by atoms with Crippen molar-refractivity contribution in [3.63, 3.8) is 0 Å². The Balaban J connectivity index is 1.62. The number of rotatable bonds is 7. The Labute approximate surface area is 135 Å². The Bertz CT molecular complexity index is 590. The predicted molar refractivity (Wildman–Crippen MR) is 86.8 cm³/mol. The summed E-state index contributed by atoms with van der Waals surface area (Å²) < 4.78 is 5.75. The number of hydrogen-bond donors (Lipinski definition) is 2. The van der Waals surface area contributed by atoms with Crippen molar-refractivity contribution in [1.82, 2.24) is 14.9 Å². The van der Waals surface area contributed by atoms with Gasteiger partial charge in [0.2, 0.25) is 0 Å². The molecule has 0 radical (unpaired) electrons. The number of imidazole rings is 1. The molecule has 3 rings (SSSR count). The van der Waals surface area contributed by atoms with E-state index in [1.807, 2.05) is 24.5 Å². The highest BCUT2D eigenvalue weighted by Gasteiger charge is 2.20. The van der Waals surface area contributed by atoms with E-state index in [1.165, 1.54) is 9.75 Å². The number of aryl methyl sites for hydroxylation is 1. The highest BCUT2D eigenvalue weighted by molar-refractivity contribution is 7.12. The fourth-order valence-electron chi connectivity index (χ4n) is 2.82. The van der Waals surface area contributed by atoms with E-state index in [1.54, 1.807) is 0 Å². The molecule has 22 heavy (non-hydrogen) atoms. The highest BCUT2D eigenvalue weighted by Crippen LogP contribution is 2.33. The zero-order valence-corrected chi connectivity index (χ0v) is 13.7. The summed E-state index contributed by atoms with van der Waals surface area (Å²) in [5, 5.41) is 9.29. The molecule has 0 saturated carbocycles. The van der Waals surface area contributed by atoms with Crippen molar-refractivity contribution in [2.75, 3.05) is 19.8 Å². The maximum absolute atomic E-state index is 9.29. The number of thiophene rings is 1. The third-order valence-corrected chi connectivity index (χ3v) is 5.04. The summed E-state index contributed by atoms with van der Waals surface area (Å²) in [4.78, 5) is 12.4. The molecular formula is C16H23N3O2S. The van der Waals surface area contributed by atoms with E-state index in [0.29, 0.717) is 12.6 Å². The Morgan fingerprint density at radius 1 is 1.45 bits per heavy atom. The van der Waals surface area contributed by atoms with E-state index >= 15 is 0 Å². The van der Waals surface area contributed by atoms with Gasteiger partial charge in [-0.25, -0.2) is 4.98 Å². The first-order chi connectivity index (χ1) is 10.7. The van der Waals surface area contributed by atoms with Gasteiger partial charge in [0.25, 0.3) is 0 Å². The molecule has 0 aliphatic carbocycles. The second-order valence-electron chi connectivity index (χ2n) is 5.73. The van der Waals surface area contributed by atoms with Gasteiger partial charge in [-0.2, -0.15) is 0 Å². The summed E-state index contributed by atoms with van der Waals surface area (Å²) in [6.45, 7) is 5.27. The van der Waals surface area contributed by atoms with E-state index < -0.39 is 0 Å². The van der Waals surface area contributed by atoms with Crippen LogP contribution in [-0.2, 0) is 17.8 Å². The third kappa shape index (κ3) is 3.95. The minimum absolute atomic E-state index is 0.164. The van der Waals surface area contributed by atoms with Crippen LogP contribution in [0.2, 0.25) is 0 Å². The van der Waals surface area contributed by atoms with Crippen LogP contribution >= 0.6 is 11.3 Å². The largest absolute Gasteiger partial charge is 0.395 e. The first-order valence-electron chi connectivity index (χ1n) is 7.78. The number of nitrogens with zero attached hydrogens (tertiary/aromatic N) is 2. The zero-order chi connectivity index (χ0) is 15.4. The Morgan fingerprint density at radius 2 is 2.36 bits per heavy atom. The number of nitrogens with one attached hydrogen (secondary N) is 1. The molecule has 2 N–H and O–H groups in total. The van der Waals surface area contributed by atoms with Crippen molar-refractivity contribution in [3.8, 4) is 0 Å². The van der Waals surface area contributed by atoms with Gasteiger partial charge in [-0.3, -0.25) is 4.90 Å². The lowest BCUT2D eigenvalue weighted by atomic mass is 10.2. The number of aromatic nitrogens is 2. The summed E-state index contributed by atoms with van der Waals surface area (Å²) in [7, 11) is 0. The second kappa shape index (κ2) is 7.37. The van der Waals surface area contributed by atoms with Crippen LogP contribution in [0.5, 0.6) is 0 Å². The van der Waals surface area contributed by atoms with Crippen LogP contribution in [-0.4, -0.2) is 39.7 Å². The fraction of sp³-hybridized carbons (Fsp3) is 0.562. The summed E-state index contributed by atoms with van der Waals surface area (Å²) in [5.41, 5.74) is 1.09. The molecule has 1 unspecified atom stereocenters. The minimum atomic E-state index is 0.164. The van der Waals surface area contributed by atoms with Gasteiger partial charge in [-0.05, 0) is 31.9 Å². The van der Waals surface area contributed by atoms with Crippen LogP contribution in [0.15, 0.2) is 18.3 Å². The van der Waals surface area contributed by atoms with Crippen molar-refractivity contribution in [3.05, 3.63) is 39.6 Å². The third-order valence-electron chi connectivity index (χ3n) is 3.87. The summed E-state index contributed by atoms with van der Waals surface area (Å²) in [6, 6.07) is 4.37. The maximum Gasteiger partial charge on any atom is 0.103 e. The smallest absolute Gasteiger partial charge is 0.103 e. The van der Waals surface area contributed by atoms with Crippen LogP contribution in [0.25, 0.3) is 0 Å². The molecule has 1 saturated heterocycles. The maximum atomic E-state index is 9.29. The average Bonchev–Trinajstić information content (AvgIpc) is 3.20.